The lowest BCUT2D eigenvalue weighted by Crippen LogP contribution is -2.39. The van der Waals surface area contributed by atoms with E-state index in [2.05, 4.69) is 54.2 Å². The summed E-state index contributed by atoms with van der Waals surface area (Å²) in [5.74, 6) is 1.47. The molecule has 2 atom stereocenters. The highest BCUT2D eigenvalue weighted by molar-refractivity contribution is 9.10. The SMILES string of the molecule is COCC(NC(C)c1cc2cc(Br)ccc2o1)C(C)C. The van der Waals surface area contributed by atoms with Crippen molar-refractivity contribution in [3.63, 3.8) is 0 Å². The number of ether oxygens (including phenoxy) is 1. The molecule has 2 rings (SSSR count). The van der Waals surface area contributed by atoms with E-state index in [0.717, 1.165) is 21.2 Å². The maximum atomic E-state index is 5.92. The van der Waals surface area contributed by atoms with Gasteiger partial charge in [0.2, 0.25) is 0 Å². The summed E-state index contributed by atoms with van der Waals surface area (Å²) in [6, 6.07) is 8.63. The van der Waals surface area contributed by atoms with Crippen LogP contribution in [0.25, 0.3) is 11.0 Å². The van der Waals surface area contributed by atoms with Crippen molar-refractivity contribution < 1.29 is 9.15 Å². The van der Waals surface area contributed by atoms with Crippen molar-refractivity contribution in [3.05, 3.63) is 34.5 Å². The molecule has 0 saturated heterocycles. The molecule has 20 heavy (non-hydrogen) atoms. The molecule has 1 heterocycles. The summed E-state index contributed by atoms with van der Waals surface area (Å²) in [4.78, 5) is 0. The standard InChI is InChI=1S/C16H22BrNO2/c1-10(2)14(9-19-4)18-11(3)16-8-12-7-13(17)5-6-15(12)20-16/h5-8,10-11,14,18H,9H2,1-4H3. The molecule has 1 N–H and O–H groups in total. The first kappa shape index (κ1) is 15.5. The molecule has 4 heteroatoms. The number of furan rings is 1. The topological polar surface area (TPSA) is 34.4 Å². The molecule has 0 aliphatic heterocycles. The quantitative estimate of drug-likeness (QED) is 0.840. The number of benzene rings is 1. The van der Waals surface area contributed by atoms with Crippen LogP contribution in [0.4, 0.5) is 0 Å². The second-order valence-corrected chi connectivity index (χ2v) is 6.44. The molecule has 0 aliphatic rings. The van der Waals surface area contributed by atoms with Crippen LogP contribution in [0, 0.1) is 5.92 Å². The molecule has 0 amide bonds. The van der Waals surface area contributed by atoms with Crippen LogP contribution in [0.3, 0.4) is 0 Å². The lowest BCUT2D eigenvalue weighted by molar-refractivity contribution is 0.139. The zero-order valence-corrected chi connectivity index (χ0v) is 14.0. The van der Waals surface area contributed by atoms with Crippen molar-refractivity contribution in [1.29, 1.82) is 0 Å². The molecule has 1 aromatic heterocycles. The Balaban J connectivity index is 2.15. The smallest absolute Gasteiger partial charge is 0.134 e. The fourth-order valence-electron chi connectivity index (χ4n) is 2.26. The Morgan fingerprint density at radius 1 is 1.25 bits per heavy atom. The number of fused-ring (bicyclic) bond motifs is 1. The number of hydrogen-bond donors (Lipinski definition) is 1. The summed E-state index contributed by atoms with van der Waals surface area (Å²) in [6.45, 7) is 7.21. The normalized spacial score (nSPS) is 14.9. The zero-order valence-electron chi connectivity index (χ0n) is 12.4. The molecule has 1 aromatic carbocycles. The number of methoxy groups -OCH3 is 1. The average molecular weight is 340 g/mol. The van der Waals surface area contributed by atoms with Crippen molar-refractivity contribution in [3.8, 4) is 0 Å². The van der Waals surface area contributed by atoms with Crippen molar-refractivity contribution in [2.45, 2.75) is 32.9 Å². The Kier molecular flexibility index (Phi) is 5.24. The third kappa shape index (κ3) is 3.62. The van der Waals surface area contributed by atoms with Crippen LogP contribution >= 0.6 is 15.9 Å². The molecular weight excluding hydrogens is 318 g/mol. The first-order valence-corrected chi connectivity index (χ1v) is 7.74. The number of hydrogen-bond acceptors (Lipinski definition) is 3. The molecule has 0 fully saturated rings. The van der Waals surface area contributed by atoms with Crippen molar-refractivity contribution >= 4 is 26.9 Å². The fourth-order valence-corrected chi connectivity index (χ4v) is 2.64. The molecule has 0 bridgehead atoms. The fraction of sp³-hybridized carbons (Fsp3) is 0.500. The highest BCUT2D eigenvalue weighted by atomic mass is 79.9. The van der Waals surface area contributed by atoms with Gasteiger partial charge in [0.05, 0.1) is 12.6 Å². The van der Waals surface area contributed by atoms with Crippen LogP contribution in [0.2, 0.25) is 0 Å². The van der Waals surface area contributed by atoms with Crippen LogP contribution in [0.5, 0.6) is 0 Å². The molecule has 0 radical (unpaired) electrons. The monoisotopic (exact) mass is 339 g/mol. The number of nitrogens with one attached hydrogen (secondary N) is 1. The predicted octanol–water partition coefficient (Wildman–Crippen LogP) is 4.52. The second-order valence-electron chi connectivity index (χ2n) is 5.53. The van der Waals surface area contributed by atoms with Gasteiger partial charge in [-0.25, -0.2) is 0 Å². The van der Waals surface area contributed by atoms with Gasteiger partial charge in [0.25, 0.3) is 0 Å². The summed E-state index contributed by atoms with van der Waals surface area (Å²) in [7, 11) is 1.74. The van der Waals surface area contributed by atoms with E-state index in [1.807, 2.05) is 12.1 Å². The minimum absolute atomic E-state index is 0.156. The van der Waals surface area contributed by atoms with Gasteiger partial charge in [-0.05, 0) is 37.1 Å². The van der Waals surface area contributed by atoms with E-state index >= 15 is 0 Å². The first-order valence-electron chi connectivity index (χ1n) is 6.95. The molecule has 3 nitrogen and oxygen atoms in total. The summed E-state index contributed by atoms with van der Waals surface area (Å²) in [5, 5.41) is 4.70. The lowest BCUT2D eigenvalue weighted by Gasteiger charge is -2.24. The van der Waals surface area contributed by atoms with Crippen LogP contribution in [0.1, 0.15) is 32.6 Å². The van der Waals surface area contributed by atoms with Gasteiger partial charge in [0, 0.05) is 23.0 Å². The van der Waals surface area contributed by atoms with Gasteiger partial charge in [0.1, 0.15) is 11.3 Å². The number of rotatable bonds is 6. The summed E-state index contributed by atoms with van der Waals surface area (Å²) in [5.41, 5.74) is 0.921. The third-order valence-electron chi connectivity index (χ3n) is 3.54. The number of halogens is 1. The Labute approximate surface area is 128 Å². The van der Waals surface area contributed by atoms with Gasteiger partial charge >= 0.3 is 0 Å². The molecule has 0 aliphatic carbocycles. The molecule has 2 unspecified atom stereocenters. The van der Waals surface area contributed by atoms with E-state index in [-0.39, 0.29) is 6.04 Å². The van der Waals surface area contributed by atoms with Gasteiger partial charge < -0.3 is 14.5 Å². The maximum absolute atomic E-state index is 5.92. The van der Waals surface area contributed by atoms with Gasteiger partial charge in [-0.15, -0.1) is 0 Å². The average Bonchev–Trinajstić information content (AvgIpc) is 2.80. The first-order chi connectivity index (χ1) is 9.51. The third-order valence-corrected chi connectivity index (χ3v) is 4.03. The van der Waals surface area contributed by atoms with E-state index in [9.17, 15) is 0 Å². The Morgan fingerprint density at radius 3 is 2.65 bits per heavy atom. The molecular formula is C16H22BrNO2. The largest absolute Gasteiger partial charge is 0.459 e. The molecule has 110 valence electrons. The maximum Gasteiger partial charge on any atom is 0.134 e. The Morgan fingerprint density at radius 2 is 2.00 bits per heavy atom. The van der Waals surface area contributed by atoms with Gasteiger partial charge in [-0.3, -0.25) is 0 Å². The van der Waals surface area contributed by atoms with Crippen molar-refractivity contribution in [1.82, 2.24) is 5.32 Å². The van der Waals surface area contributed by atoms with Crippen molar-refractivity contribution in [2.75, 3.05) is 13.7 Å². The minimum Gasteiger partial charge on any atom is -0.459 e. The highest BCUT2D eigenvalue weighted by Crippen LogP contribution is 2.27. The minimum atomic E-state index is 0.156. The predicted molar refractivity (Wildman–Crippen MR) is 86.0 cm³/mol. The van der Waals surface area contributed by atoms with Gasteiger partial charge in [-0.1, -0.05) is 29.8 Å². The molecule has 0 saturated carbocycles. The molecule has 0 spiro atoms. The summed E-state index contributed by atoms with van der Waals surface area (Å²) >= 11 is 3.48. The molecule has 2 aromatic rings. The van der Waals surface area contributed by atoms with Crippen LogP contribution in [-0.4, -0.2) is 19.8 Å². The van der Waals surface area contributed by atoms with Crippen LogP contribution in [-0.2, 0) is 4.74 Å². The Bertz CT molecular complexity index is 565. The van der Waals surface area contributed by atoms with E-state index in [1.54, 1.807) is 7.11 Å². The summed E-state index contributed by atoms with van der Waals surface area (Å²) in [6.07, 6.45) is 0. The zero-order chi connectivity index (χ0) is 14.7. The van der Waals surface area contributed by atoms with E-state index in [0.29, 0.717) is 18.6 Å². The Hall–Kier alpha value is -0.840. The lowest BCUT2D eigenvalue weighted by atomic mass is 10.0. The second kappa shape index (κ2) is 6.74. The summed E-state index contributed by atoms with van der Waals surface area (Å²) < 4.78 is 12.3. The van der Waals surface area contributed by atoms with Gasteiger partial charge in [0.15, 0.2) is 0 Å². The van der Waals surface area contributed by atoms with Crippen LogP contribution < -0.4 is 5.32 Å². The van der Waals surface area contributed by atoms with Crippen molar-refractivity contribution in [2.24, 2.45) is 5.92 Å². The van der Waals surface area contributed by atoms with E-state index in [1.165, 1.54) is 0 Å². The van der Waals surface area contributed by atoms with Crippen LogP contribution in [0.15, 0.2) is 33.2 Å². The van der Waals surface area contributed by atoms with E-state index in [4.69, 9.17) is 9.15 Å². The van der Waals surface area contributed by atoms with Gasteiger partial charge in [-0.2, -0.15) is 0 Å². The highest BCUT2D eigenvalue weighted by Gasteiger charge is 2.19. The van der Waals surface area contributed by atoms with E-state index < -0.39 is 0 Å².